The van der Waals surface area contributed by atoms with Crippen LogP contribution in [0.5, 0.6) is 17.2 Å². The Bertz CT molecular complexity index is 595. The van der Waals surface area contributed by atoms with Gasteiger partial charge in [0, 0.05) is 17.6 Å². The molecule has 0 aliphatic heterocycles. The first kappa shape index (κ1) is 15.2. The van der Waals surface area contributed by atoms with Crippen LogP contribution in [0.1, 0.15) is 37.1 Å². The van der Waals surface area contributed by atoms with Gasteiger partial charge in [-0.2, -0.15) is 0 Å². The summed E-state index contributed by atoms with van der Waals surface area (Å²) in [6.07, 6.45) is 0. The molecule has 2 rings (SSSR count). The molecule has 4 heteroatoms. The summed E-state index contributed by atoms with van der Waals surface area (Å²) >= 11 is 0. The number of hydrogen-bond acceptors (Lipinski definition) is 4. The van der Waals surface area contributed by atoms with Gasteiger partial charge in [0.05, 0.1) is 7.11 Å². The Morgan fingerprint density at radius 3 is 2.24 bits per heavy atom. The fourth-order valence-electron chi connectivity index (χ4n) is 2.34. The molecular weight excluding hydrogens is 266 g/mol. The van der Waals surface area contributed by atoms with Crippen LogP contribution in [0.4, 0.5) is 0 Å². The summed E-state index contributed by atoms with van der Waals surface area (Å²) in [5.74, 6) is 1.15. The van der Waals surface area contributed by atoms with Crippen LogP contribution in [0.15, 0.2) is 42.5 Å². The Labute approximate surface area is 125 Å². The van der Waals surface area contributed by atoms with Gasteiger partial charge in [-0.3, -0.25) is 0 Å². The molecule has 112 valence electrons. The predicted octanol–water partition coefficient (Wildman–Crippen LogP) is 3.52. The molecule has 0 heterocycles. The molecular formula is C17H21NO3. The lowest BCUT2D eigenvalue weighted by molar-refractivity contribution is 0.413. The van der Waals surface area contributed by atoms with Crippen LogP contribution in [0, 0.1) is 0 Å². The van der Waals surface area contributed by atoms with Crippen molar-refractivity contribution < 1.29 is 14.9 Å². The monoisotopic (exact) mass is 287 g/mol. The second-order valence-corrected chi connectivity index (χ2v) is 5.13. The fourth-order valence-corrected chi connectivity index (χ4v) is 2.34. The first-order chi connectivity index (χ1) is 10.0. The smallest absolute Gasteiger partial charge is 0.120 e. The van der Waals surface area contributed by atoms with Gasteiger partial charge in [0.2, 0.25) is 0 Å². The van der Waals surface area contributed by atoms with Crippen molar-refractivity contribution in [3.8, 4) is 17.2 Å². The van der Waals surface area contributed by atoms with Gasteiger partial charge in [-0.05, 0) is 49.7 Å². The van der Waals surface area contributed by atoms with Crippen LogP contribution in [0.25, 0.3) is 0 Å². The van der Waals surface area contributed by atoms with Crippen molar-refractivity contribution in [3.63, 3.8) is 0 Å². The van der Waals surface area contributed by atoms with E-state index in [0.29, 0.717) is 5.56 Å². The summed E-state index contributed by atoms with van der Waals surface area (Å²) in [4.78, 5) is 0. The summed E-state index contributed by atoms with van der Waals surface area (Å²) in [6, 6.07) is 12.4. The third-order valence-corrected chi connectivity index (χ3v) is 3.59. The summed E-state index contributed by atoms with van der Waals surface area (Å²) in [6.45, 7) is 4.01. The summed E-state index contributed by atoms with van der Waals surface area (Å²) in [5, 5.41) is 22.8. The van der Waals surface area contributed by atoms with E-state index >= 15 is 0 Å². The minimum Gasteiger partial charge on any atom is -0.508 e. The van der Waals surface area contributed by atoms with Crippen molar-refractivity contribution in [1.29, 1.82) is 0 Å². The maximum atomic E-state index is 9.89. The molecule has 0 aliphatic carbocycles. The van der Waals surface area contributed by atoms with E-state index in [4.69, 9.17) is 4.74 Å². The lowest BCUT2D eigenvalue weighted by Gasteiger charge is -2.21. The maximum Gasteiger partial charge on any atom is 0.120 e. The Morgan fingerprint density at radius 1 is 0.952 bits per heavy atom. The zero-order valence-electron chi connectivity index (χ0n) is 12.5. The Hall–Kier alpha value is -2.20. The highest BCUT2D eigenvalue weighted by Gasteiger charge is 2.14. The molecule has 3 N–H and O–H groups in total. The normalized spacial score (nSPS) is 13.7. The molecule has 2 aromatic rings. The quantitative estimate of drug-likeness (QED) is 0.736. The number of aromatic hydroxyl groups is 2. The number of rotatable bonds is 5. The van der Waals surface area contributed by atoms with E-state index < -0.39 is 0 Å². The maximum absolute atomic E-state index is 9.89. The lowest BCUT2D eigenvalue weighted by atomic mass is 10.0. The Morgan fingerprint density at radius 2 is 1.62 bits per heavy atom. The van der Waals surface area contributed by atoms with Gasteiger partial charge in [-0.1, -0.05) is 12.1 Å². The molecule has 2 atom stereocenters. The molecule has 0 bridgehead atoms. The molecule has 0 spiro atoms. The van der Waals surface area contributed by atoms with E-state index in [-0.39, 0.29) is 23.6 Å². The number of nitrogens with one attached hydrogen (secondary N) is 1. The van der Waals surface area contributed by atoms with Crippen LogP contribution < -0.4 is 10.1 Å². The number of benzene rings is 2. The number of hydrogen-bond donors (Lipinski definition) is 3. The molecule has 2 unspecified atom stereocenters. The molecule has 4 nitrogen and oxygen atoms in total. The van der Waals surface area contributed by atoms with Crippen LogP contribution in [0.2, 0.25) is 0 Å². The van der Waals surface area contributed by atoms with Crippen molar-refractivity contribution in [2.45, 2.75) is 25.9 Å². The first-order valence-electron chi connectivity index (χ1n) is 6.93. The van der Waals surface area contributed by atoms with E-state index in [2.05, 4.69) is 12.2 Å². The lowest BCUT2D eigenvalue weighted by Crippen LogP contribution is -2.22. The first-order valence-corrected chi connectivity index (χ1v) is 6.93. The van der Waals surface area contributed by atoms with E-state index in [9.17, 15) is 10.2 Å². The Kier molecular flexibility index (Phi) is 4.70. The highest BCUT2D eigenvalue weighted by molar-refractivity contribution is 5.40. The molecule has 0 saturated heterocycles. The Balaban J connectivity index is 2.10. The zero-order valence-corrected chi connectivity index (χ0v) is 12.5. The van der Waals surface area contributed by atoms with Crippen LogP contribution >= 0.6 is 0 Å². The van der Waals surface area contributed by atoms with Crippen molar-refractivity contribution in [2.24, 2.45) is 0 Å². The minimum atomic E-state index is -0.0887. The van der Waals surface area contributed by atoms with Crippen molar-refractivity contribution in [2.75, 3.05) is 7.11 Å². The molecule has 0 fully saturated rings. The number of methoxy groups -OCH3 is 1. The van der Waals surface area contributed by atoms with Gasteiger partial charge in [0.1, 0.15) is 17.2 Å². The van der Waals surface area contributed by atoms with Gasteiger partial charge < -0.3 is 20.3 Å². The number of ether oxygens (including phenoxy) is 1. The van der Waals surface area contributed by atoms with Crippen molar-refractivity contribution >= 4 is 0 Å². The van der Waals surface area contributed by atoms with Crippen molar-refractivity contribution in [3.05, 3.63) is 53.6 Å². The fraction of sp³-hybridized carbons (Fsp3) is 0.294. The van der Waals surface area contributed by atoms with Gasteiger partial charge in [-0.25, -0.2) is 0 Å². The average molecular weight is 287 g/mol. The molecule has 0 amide bonds. The van der Waals surface area contributed by atoms with E-state index in [0.717, 1.165) is 11.3 Å². The minimum absolute atomic E-state index is 0.0887. The van der Waals surface area contributed by atoms with Crippen molar-refractivity contribution in [1.82, 2.24) is 5.32 Å². The summed E-state index contributed by atoms with van der Waals surface area (Å²) in [5.41, 5.74) is 1.80. The largest absolute Gasteiger partial charge is 0.508 e. The second-order valence-electron chi connectivity index (χ2n) is 5.13. The molecule has 0 aromatic heterocycles. The summed E-state index contributed by atoms with van der Waals surface area (Å²) in [7, 11) is 1.64. The third-order valence-electron chi connectivity index (χ3n) is 3.59. The average Bonchev–Trinajstić information content (AvgIpc) is 2.49. The molecule has 0 radical (unpaired) electrons. The van der Waals surface area contributed by atoms with Crippen LogP contribution in [-0.2, 0) is 0 Å². The topological polar surface area (TPSA) is 61.7 Å². The summed E-state index contributed by atoms with van der Waals surface area (Å²) < 4.78 is 5.15. The molecule has 21 heavy (non-hydrogen) atoms. The third kappa shape index (κ3) is 3.67. The SMILES string of the molecule is COc1ccc(C(C)NC(C)c2cc(O)ccc2O)cc1. The number of phenolic OH excluding ortho intramolecular Hbond substituents is 2. The molecule has 2 aromatic carbocycles. The highest BCUT2D eigenvalue weighted by Crippen LogP contribution is 2.29. The molecule has 0 saturated carbocycles. The molecule has 0 aliphatic rings. The van der Waals surface area contributed by atoms with Gasteiger partial charge in [-0.15, -0.1) is 0 Å². The standard InChI is InChI=1S/C17H21NO3/c1-11(13-4-7-15(21-3)8-5-13)18-12(2)16-10-14(19)6-9-17(16)20/h4-12,18-20H,1-3H3. The van der Waals surface area contributed by atoms with E-state index in [1.165, 1.54) is 12.1 Å². The zero-order chi connectivity index (χ0) is 15.4. The van der Waals surface area contributed by atoms with Crippen LogP contribution in [0.3, 0.4) is 0 Å². The second kappa shape index (κ2) is 6.50. The van der Waals surface area contributed by atoms with Crippen LogP contribution in [-0.4, -0.2) is 17.3 Å². The van der Waals surface area contributed by atoms with E-state index in [1.807, 2.05) is 31.2 Å². The van der Waals surface area contributed by atoms with Gasteiger partial charge in [0.25, 0.3) is 0 Å². The highest BCUT2D eigenvalue weighted by atomic mass is 16.5. The number of phenols is 2. The van der Waals surface area contributed by atoms with E-state index in [1.54, 1.807) is 13.2 Å². The predicted molar refractivity (Wildman–Crippen MR) is 82.7 cm³/mol. The van der Waals surface area contributed by atoms with Gasteiger partial charge in [0.15, 0.2) is 0 Å². The van der Waals surface area contributed by atoms with Gasteiger partial charge >= 0.3 is 0 Å².